The largest absolute Gasteiger partial charge is 0.370 e. The number of carbonyl (C=O) groups is 1. The quantitative estimate of drug-likeness (QED) is 0.704. The zero-order chi connectivity index (χ0) is 21.0. The van der Waals surface area contributed by atoms with Crippen LogP contribution in [-0.4, -0.2) is 36.7 Å². The molecule has 2 saturated heterocycles. The molecule has 1 aromatic heterocycles. The maximum Gasteiger partial charge on any atom is 0.265 e. The molecule has 30 heavy (non-hydrogen) atoms. The van der Waals surface area contributed by atoms with E-state index in [1.54, 1.807) is 7.05 Å². The zero-order valence-corrected chi connectivity index (χ0v) is 17.5. The van der Waals surface area contributed by atoms with Gasteiger partial charge in [0, 0.05) is 54.7 Å². The molecule has 0 atom stereocenters. The Morgan fingerprint density at radius 1 is 1.03 bits per heavy atom. The van der Waals surface area contributed by atoms with Crippen LogP contribution in [0.4, 0.5) is 11.4 Å². The summed E-state index contributed by atoms with van der Waals surface area (Å²) in [6.45, 7) is 3.49. The summed E-state index contributed by atoms with van der Waals surface area (Å²) < 4.78 is 1.51. The van der Waals surface area contributed by atoms with Crippen molar-refractivity contribution in [1.29, 1.82) is 0 Å². The van der Waals surface area contributed by atoms with E-state index in [4.69, 9.17) is 17.3 Å². The highest BCUT2D eigenvalue weighted by Gasteiger charge is 2.48. The first kappa shape index (κ1) is 19.0. The van der Waals surface area contributed by atoms with E-state index in [1.165, 1.54) is 10.3 Å². The van der Waals surface area contributed by atoms with Crippen molar-refractivity contribution >= 4 is 39.8 Å². The number of rotatable bonds is 3. The average Bonchev–Trinajstić information content (AvgIpc) is 3.15. The van der Waals surface area contributed by atoms with Gasteiger partial charge >= 0.3 is 0 Å². The average molecular weight is 423 g/mol. The van der Waals surface area contributed by atoms with Gasteiger partial charge in [-0.2, -0.15) is 0 Å². The summed E-state index contributed by atoms with van der Waals surface area (Å²) in [7, 11) is 1.68. The Kier molecular flexibility index (Phi) is 4.29. The molecule has 3 aromatic rings. The van der Waals surface area contributed by atoms with Crippen LogP contribution in [0.5, 0.6) is 0 Å². The molecule has 5 rings (SSSR count). The number of nitrogens with zero attached hydrogens (tertiary/aromatic N) is 3. The minimum absolute atomic E-state index is 0.0853. The van der Waals surface area contributed by atoms with Crippen molar-refractivity contribution in [2.45, 2.75) is 6.42 Å². The predicted molar refractivity (Wildman–Crippen MR) is 121 cm³/mol. The number of carbonyl (C=O) groups excluding carboxylic acids is 1. The smallest absolute Gasteiger partial charge is 0.265 e. The maximum atomic E-state index is 12.9. The standard InChI is InChI=1S/C23H23ClN4O2/c1-26-18-5-3-2-4-17(18)20(19(21(25)29)22(26)30)27-11-10-23(12-27)13-28(14-23)16-8-6-15(24)7-9-16/h2-9H,10-14H2,1H3,(H2,25,29). The summed E-state index contributed by atoms with van der Waals surface area (Å²) in [4.78, 5) is 29.7. The van der Waals surface area contributed by atoms with Crippen LogP contribution in [0.15, 0.2) is 53.3 Å². The molecule has 0 bridgehead atoms. The number of halogens is 1. The lowest BCUT2D eigenvalue weighted by Gasteiger charge is -2.49. The molecule has 2 aliphatic rings. The van der Waals surface area contributed by atoms with Gasteiger partial charge < -0.3 is 20.1 Å². The second-order valence-corrected chi connectivity index (χ2v) is 8.91. The molecule has 0 radical (unpaired) electrons. The number of aromatic nitrogens is 1. The van der Waals surface area contributed by atoms with Gasteiger partial charge in [0.25, 0.3) is 11.5 Å². The van der Waals surface area contributed by atoms with Gasteiger partial charge in [-0.3, -0.25) is 9.59 Å². The molecule has 3 heterocycles. The first-order chi connectivity index (χ1) is 14.4. The van der Waals surface area contributed by atoms with Crippen LogP contribution >= 0.6 is 11.6 Å². The van der Waals surface area contributed by atoms with Crippen LogP contribution in [0.25, 0.3) is 10.9 Å². The molecule has 0 unspecified atom stereocenters. The predicted octanol–water partition coefficient (Wildman–Crippen LogP) is 3.01. The first-order valence-electron chi connectivity index (χ1n) is 10.1. The van der Waals surface area contributed by atoms with E-state index in [0.717, 1.165) is 48.5 Å². The fourth-order valence-electron chi connectivity index (χ4n) is 5.01. The SMILES string of the molecule is Cn1c(=O)c(C(N)=O)c(N2CCC3(CN(c4ccc(Cl)cc4)C3)C2)c2ccccc21. The third kappa shape index (κ3) is 2.86. The van der Waals surface area contributed by atoms with Crippen molar-refractivity contribution in [1.82, 2.24) is 4.57 Å². The van der Waals surface area contributed by atoms with E-state index < -0.39 is 5.91 Å². The Labute approximate surface area is 179 Å². The van der Waals surface area contributed by atoms with Crippen LogP contribution in [0, 0.1) is 5.41 Å². The number of fused-ring (bicyclic) bond motifs is 1. The number of benzene rings is 2. The molecule has 2 aliphatic heterocycles. The summed E-state index contributed by atoms with van der Waals surface area (Å²) in [6.07, 6.45) is 1.01. The van der Waals surface area contributed by atoms with Crippen LogP contribution < -0.4 is 21.1 Å². The molecule has 6 nitrogen and oxygen atoms in total. The molecular weight excluding hydrogens is 400 g/mol. The number of anilines is 2. The molecule has 154 valence electrons. The Bertz CT molecular complexity index is 1210. The number of pyridine rings is 1. The topological polar surface area (TPSA) is 71.6 Å². The van der Waals surface area contributed by atoms with Crippen LogP contribution in [0.2, 0.25) is 5.02 Å². The van der Waals surface area contributed by atoms with Gasteiger partial charge in [-0.05, 0) is 36.8 Å². The van der Waals surface area contributed by atoms with Crippen molar-refractivity contribution in [3.8, 4) is 0 Å². The third-order valence-corrected chi connectivity index (χ3v) is 6.77. The van der Waals surface area contributed by atoms with Crippen LogP contribution in [0.3, 0.4) is 0 Å². The van der Waals surface area contributed by atoms with Crippen molar-refractivity contribution in [3.05, 3.63) is 69.5 Å². The van der Waals surface area contributed by atoms with E-state index in [0.29, 0.717) is 5.69 Å². The van der Waals surface area contributed by atoms with Crippen molar-refractivity contribution in [2.24, 2.45) is 18.2 Å². The molecule has 7 heteroatoms. The summed E-state index contributed by atoms with van der Waals surface area (Å²) in [5, 5.41) is 1.62. The van der Waals surface area contributed by atoms with E-state index >= 15 is 0 Å². The van der Waals surface area contributed by atoms with Gasteiger partial charge in [0.05, 0.1) is 11.2 Å². The summed E-state index contributed by atoms with van der Waals surface area (Å²) >= 11 is 6.01. The number of primary amides is 1. The lowest BCUT2D eigenvalue weighted by atomic mass is 9.78. The van der Waals surface area contributed by atoms with Gasteiger partial charge in [-0.15, -0.1) is 0 Å². The van der Waals surface area contributed by atoms with Crippen LogP contribution in [0.1, 0.15) is 16.8 Å². The van der Waals surface area contributed by atoms with Crippen molar-refractivity contribution in [2.75, 3.05) is 36.0 Å². The van der Waals surface area contributed by atoms with Gasteiger partial charge in [-0.25, -0.2) is 0 Å². The van der Waals surface area contributed by atoms with Crippen molar-refractivity contribution < 1.29 is 4.79 Å². The highest BCUT2D eigenvalue weighted by Crippen LogP contribution is 2.44. The Morgan fingerprint density at radius 3 is 2.40 bits per heavy atom. The number of aryl methyl sites for hydroxylation is 1. The number of para-hydroxylation sites is 1. The van der Waals surface area contributed by atoms with Gasteiger partial charge in [-0.1, -0.05) is 29.8 Å². The molecular formula is C23H23ClN4O2. The lowest BCUT2D eigenvalue weighted by molar-refractivity contribution is 0.0999. The number of hydrogen-bond donors (Lipinski definition) is 1. The Balaban J connectivity index is 1.49. The fraction of sp³-hybridized carbons (Fsp3) is 0.304. The van der Waals surface area contributed by atoms with Gasteiger partial charge in [0.1, 0.15) is 5.56 Å². The summed E-state index contributed by atoms with van der Waals surface area (Å²) in [5.74, 6) is -0.672. The minimum Gasteiger partial charge on any atom is -0.370 e. The highest BCUT2D eigenvalue weighted by molar-refractivity contribution is 6.30. The normalized spacial score (nSPS) is 17.5. The van der Waals surface area contributed by atoms with Crippen molar-refractivity contribution in [3.63, 3.8) is 0 Å². The molecule has 1 amide bonds. The van der Waals surface area contributed by atoms with E-state index in [2.05, 4.69) is 9.80 Å². The maximum absolute atomic E-state index is 12.9. The second kappa shape index (κ2) is 6.77. The Morgan fingerprint density at radius 2 is 1.70 bits per heavy atom. The third-order valence-electron chi connectivity index (χ3n) is 6.52. The summed E-state index contributed by atoms with van der Waals surface area (Å²) in [5.41, 5.74) is 8.22. The molecule has 0 saturated carbocycles. The zero-order valence-electron chi connectivity index (χ0n) is 16.8. The highest BCUT2D eigenvalue weighted by atomic mass is 35.5. The summed E-state index contributed by atoms with van der Waals surface area (Å²) in [6, 6.07) is 15.6. The lowest BCUT2D eigenvalue weighted by Crippen LogP contribution is -2.57. The molecule has 2 aromatic carbocycles. The molecule has 2 fully saturated rings. The van der Waals surface area contributed by atoms with E-state index in [9.17, 15) is 9.59 Å². The van der Waals surface area contributed by atoms with Gasteiger partial charge in [0.15, 0.2) is 0 Å². The Hall–Kier alpha value is -2.99. The molecule has 2 N–H and O–H groups in total. The second-order valence-electron chi connectivity index (χ2n) is 8.47. The number of hydrogen-bond acceptors (Lipinski definition) is 4. The fourth-order valence-corrected chi connectivity index (χ4v) is 5.14. The number of amides is 1. The van der Waals surface area contributed by atoms with E-state index in [-0.39, 0.29) is 16.5 Å². The van der Waals surface area contributed by atoms with E-state index in [1.807, 2.05) is 48.5 Å². The molecule has 0 aliphatic carbocycles. The first-order valence-corrected chi connectivity index (χ1v) is 10.4. The molecule has 1 spiro atoms. The van der Waals surface area contributed by atoms with Gasteiger partial charge in [0.2, 0.25) is 0 Å². The monoisotopic (exact) mass is 422 g/mol. The minimum atomic E-state index is -0.672. The van der Waals surface area contributed by atoms with Crippen LogP contribution in [-0.2, 0) is 7.05 Å². The number of nitrogens with two attached hydrogens (primary N) is 1.